The monoisotopic (exact) mass is 281 g/mol. The predicted molar refractivity (Wildman–Crippen MR) is 79.4 cm³/mol. The van der Waals surface area contributed by atoms with Crippen LogP contribution in [0.25, 0.3) is 0 Å². The molecule has 0 spiro atoms. The number of hydrogen-bond acceptors (Lipinski definition) is 2. The molecule has 0 saturated heterocycles. The number of aliphatic carboxylic acids is 1. The number of amides is 1. The van der Waals surface area contributed by atoms with Gasteiger partial charge in [0.05, 0.1) is 5.92 Å². The van der Waals surface area contributed by atoms with Gasteiger partial charge in [-0.3, -0.25) is 9.59 Å². The van der Waals surface area contributed by atoms with E-state index in [0.29, 0.717) is 13.1 Å². The van der Waals surface area contributed by atoms with Crippen LogP contribution in [-0.2, 0) is 9.59 Å². The molecule has 0 saturated carbocycles. The minimum Gasteiger partial charge on any atom is -0.481 e. The van der Waals surface area contributed by atoms with Gasteiger partial charge in [-0.1, -0.05) is 32.4 Å². The summed E-state index contributed by atoms with van der Waals surface area (Å²) in [5.41, 5.74) is 1.42. The Morgan fingerprint density at radius 2 is 2.00 bits per heavy atom. The van der Waals surface area contributed by atoms with E-state index in [0.717, 1.165) is 19.3 Å². The molecular weight excluding hydrogens is 254 g/mol. The van der Waals surface area contributed by atoms with Crippen molar-refractivity contribution in [3.63, 3.8) is 0 Å². The van der Waals surface area contributed by atoms with Crippen molar-refractivity contribution in [1.29, 1.82) is 0 Å². The highest BCUT2D eigenvalue weighted by atomic mass is 16.4. The third-order valence-corrected chi connectivity index (χ3v) is 3.81. The fraction of sp³-hybridized carbons (Fsp3) is 0.750. The summed E-state index contributed by atoms with van der Waals surface area (Å²) < 4.78 is 0. The second-order valence-electron chi connectivity index (χ2n) is 6.04. The van der Waals surface area contributed by atoms with E-state index in [9.17, 15) is 9.59 Å². The summed E-state index contributed by atoms with van der Waals surface area (Å²) in [7, 11) is 0. The number of allylic oxidation sites excluding steroid dienone is 1. The second kappa shape index (κ2) is 8.08. The third-order valence-electron chi connectivity index (χ3n) is 3.81. The molecule has 0 aromatic carbocycles. The van der Waals surface area contributed by atoms with E-state index >= 15 is 0 Å². The highest BCUT2D eigenvalue weighted by Gasteiger charge is 2.22. The van der Waals surface area contributed by atoms with Crippen LogP contribution in [0.4, 0.5) is 0 Å². The van der Waals surface area contributed by atoms with Crippen molar-refractivity contribution in [2.24, 2.45) is 11.8 Å². The minimum atomic E-state index is -0.844. The number of carboxylic acid groups (broad SMARTS) is 1. The van der Waals surface area contributed by atoms with Crippen LogP contribution in [0.1, 0.15) is 52.9 Å². The zero-order valence-electron chi connectivity index (χ0n) is 12.9. The Bertz CT molecular complexity index is 374. The first-order valence-corrected chi connectivity index (χ1v) is 7.61. The summed E-state index contributed by atoms with van der Waals surface area (Å²) in [5.74, 6) is -1.40. The average Bonchev–Trinajstić information content (AvgIpc) is 2.43. The highest BCUT2D eigenvalue weighted by molar-refractivity contribution is 5.79. The van der Waals surface area contributed by atoms with Crippen LogP contribution in [0.5, 0.6) is 0 Å². The zero-order chi connectivity index (χ0) is 15.1. The molecule has 20 heavy (non-hydrogen) atoms. The lowest BCUT2D eigenvalue weighted by Crippen LogP contribution is -2.40. The summed E-state index contributed by atoms with van der Waals surface area (Å²) >= 11 is 0. The maximum atomic E-state index is 12.2. The maximum absolute atomic E-state index is 12.2. The molecule has 1 amide bonds. The van der Waals surface area contributed by atoms with Gasteiger partial charge in [-0.05, 0) is 32.1 Å². The van der Waals surface area contributed by atoms with E-state index in [1.165, 1.54) is 18.4 Å². The van der Waals surface area contributed by atoms with Gasteiger partial charge in [0.1, 0.15) is 0 Å². The smallest absolute Gasteiger partial charge is 0.308 e. The molecular formula is C16H27NO3. The van der Waals surface area contributed by atoms with Crippen molar-refractivity contribution in [2.75, 3.05) is 13.1 Å². The molecule has 1 aliphatic carbocycles. The van der Waals surface area contributed by atoms with Crippen LogP contribution in [0, 0.1) is 11.8 Å². The molecule has 4 nitrogen and oxygen atoms in total. The molecule has 4 heteroatoms. The molecule has 1 atom stereocenters. The Morgan fingerprint density at radius 3 is 2.50 bits per heavy atom. The molecule has 1 rings (SSSR count). The first kappa shape index (κ1) is 16.7. The Morgan fingerprint density at radius 1 is 1.30 bits per heavy atom. The largest absolute Gasteiger partial charge is 0.481 e. The summed E-state index contributed by atoms with van der Waals surface area (Å²) in [6.45, 7) is 6.32. The predicted octanol–water partition coefficient (Wildman–Crippen LogP) is 3.08. The molecule has 0 aromatic heterocycles. The Labute approximate surface area is 121 Å². The summed E-state index contributed by atoms with van der Waals surface area (Å²) in [6, 6.07) is 0. The lowest BCUT2D eigenvalue weighted by molar-refractivity contribution is -0.143. The van der Waals surface area contributed by atoms with E-state index in [1.807, 2.05) is 13.8 Å². The molecule has 0 aliphatic heterocycles. The van der Waals surface area contributed by atoms with E-state index in [2.05, 4.69) is 6.08 Å². The van der Waals surface area contributed by atoms with Crippen molar-refractivity contribution in [3.8, 4) is 0 Å². The molecule has 1 unspecified atom stereocenters. The van der Waals surface area contributed by atoms with E-state index in [-0.39, 0.29) is 11.8 Å². The molecule has 0 fully saturated rings. The van der Waals surface area contributed by atoms with Gasteiger partial charge in [-0.2, -0.15) is 0 Å². The van der Waals surface area contributed by atoms with Gasteiger partial charge in [0.2, 0.25) is 5.91 Å². The fourth-order valence-electron chi connectivity index (χ4n) is 2.48. The van der Waals surface area contributed by atoms with Gasteiger partial charge >= 0.3 is 5.97 Å². The van der Waals surface area contributed by atoms with Crippen LogP contribution in [0.15, 0.2) is 11.6 Å². The lowest BCUT2D eigenvalue weighted by Gasteiger charge is -2.27. The number of rotatable bonds is 7. The normalized spacial score (nSPS) is 16.7. The molecule has 0 radical (unpaired) electrons. The summed E-state index contributed by atoms with van der Waals surface area (Å²) in [5, 5.41) is 9.02. The molecule has 0 aromatic rings. The van der Waals surface area contributed by atoms with Crippen molar-refractivity contribution in [2.45, 2.75) is 52.9 Å². The van der Waals surface area contributed by atoms with Crippen LogP contribution in [0.2, 0.25) is 0 Å². The molecule has 0 bridgehead atoms. The molecule has 1 N–H and O–H groups in total. The SMILES string of the molecule is CC(C)C(=O)N(CCC1=CCCCC1)CC(C)C(=O)O. The lowest BCUT2D eigenvalue weighted by atomic mass is 9.97. The van der Waals surface area contributed by atoms with Gasteiger partial charge in [0, 0.05) is 19.0 Å². The second-order valence-corrected chi connectivity index (χ2v) is 6.04. The van der Waals surface area contributed by atoms with E-state index in [4.69, 9.17) is 5.11 Å². The highest BCUT2D eigenvalue weighted by Crippen LogP contribution is 2.21. The first-order valence-electron chi connectivity index (χ1n) is 7.61. The topological polar surface area (TPSA) is 57.6 Å². The summed E-state index contributed by atoms with van der Waals surface area (Å²) in [4.78, 5) is 24.9. The van der Waals surface area contributed by atoms with Crippen LogP contribution < -0.4 is 0 Å². The first-order chi connectivity index (χ1) is 9.41. The Hall–Kier alpha value is -1.32. The van der Waals surface area contributed by atoms with Crippen molar-refractivity contribution < 1.29 is 14.7 Å². The number of nitrogens with zero attached hydrogens (tertiary/aromatic N) is 1. The maximum Gasteiger partial charge on any atom is 0.308 e. The number of hydrogen-bond donors (Lipinski definition) is 1. The standard InChI is InChI=1S/C16H27NO3/c1-12(2)15(18)17(11-13(3)16(19)20)10-9-14-7-5-4-6-8-14/h7,12-13H,4-6,8-11H2,1-3H3,(H,19,20). The molecule has 114 valence electrons. The minimum absolute atomic E-state index is 0.0505. The van der Waals surface area contributed by atoms with Crippen molar-refractivity contribution in [3.05, 3.63) is 11.6 Å². The third kappa shape index (κ3) is 5.35. The number of carboxylic acids is 1. The van der Waals surface area contributed by atoms with Crippen LogP contribution in [0.3, 0.4) is 0 Å². The Balaban J connectivity index is 2.59. The van der Waals surface area contributed by atoms with Crippen molar-refractivity contribution in [1.82, 2.24) is 4.90 Å². The number of carbonyl (C=O) groups excluding carboxylic acids is 1. The van der Waals surface area contributed by atoms with Gasteiger partial charge in [-0.25, -0.2) is 0 Å². The van der Waals surface area contributed by atoms with Gasteiger partial charge in [-0.15, -0.1) is 0 Å². The van der Waals surface area contributed by atoms with Gasteiger partial charge < -0.3 is 10.0 Å². The molecule has 1 aliphatic rings. The number of carbonyl (C=O) groups is 2. The molecule has 0 heterocycles. The van der Waals surface area contributed by atoms with E-state index < -0.39 is 11.9 Å². The van der Waals surface area contributed by atoms with E-state index in [1.54, 1.807) is 11.8 Å². The van der Waals surface area contributed by atoms with Crippen LogP contribution in [-0.4, -0.2) is 35.0 Å². The average molecular weight is 281 g/mol. The van der Waals surface area contributed by atoms with Crippen LogP contribution >= 0.6 is 0 Å². The van der Waals surface area contributed by atoms with Gasteiger partial charge in [0.15, 0.2) is 0 Å². The summed E-state index contributed by atoms with van der Waals surface area (Å²) in [6.07, 6.45) is 7.91. The Kier molecular flexibility index (Phi) is 6.76. The fourth-order valence-corrected chi connectivity index (χ4v) is 2.48. The zero-order valence-corrected chi connectivity index (χ0v) is 12.9. The quantitative estimate of drug-likeness (QED) is 0.730. The van der Waals surface area contributed by atoms with Crippen molar-refractivity contribution >= 4 is 11.9 Å². The van der Waals surface area contributed by atoms with Gasteiger partial charge in [0.25, 0.3) is 0 Å².